The fraction of sp³-hybridized carbons (Fsp3) is 1.00. The Balaban J connectivity index is 0.00000110. The summed E-state index contributed by atoms with van der Waals surface area (Å²) < 4.78 is 0. The first-order chi connectivity index (χ1) is 19.8. The Morgan fingerprint density at radius 1 is 0.233 bits per heavy atom. The van der Waals surface area contributed by atoms with Crippen LogP contribution in [0, 0.1) is 47.3 Å². The van der Waals surface area contributed by atoms with Crippen LogP contribution < -0.4 is 42.5 Å². The minimum Gasteiger partial charge on any atom is -0.412 e. The van der Waals surface area contributed by atoms with Crippen molar-refractivity contribution >= 4 is 17.4 Å². The average Bonchev–Trinajstić information content (AvgIpc) is 3.73. The molecule has 12 N–H and O–H groups in total. The zero-order chi connectivity index (χ0) is 26.2. The fourth-order valence-electron chi connectivity index (χ4n) is 12.0. The van der Waals surface area contributed by atoms with Crippen molar-refractivity contribution in [2.75, 3.05) is 0 Å². The van der Waals surface area contributed by atoms with Gasteiger partial charge in [0, 0.05) is 0 Å². The lowest BCUT2D eigenvalue weighted by Gasteiger charge is -2.35. The summed E-state index contributed by atoms with van der Waals surface area (Å²) in [6, 6.07) is 0. The van der Waals surface area contributed by atoms with Crippen LogP contribution in [0.25, 0.3) is 0 Å². The number of fused-ring (bicyclic) bond motifs is 20. The summed E-state index contributed by atoms with van der Waals surface area (Å²) in [4.78, 5) is 0. The standard InChI is InChI=1S/C32H56N8.Al.2H2O.3H/c1-2-10-18-17(9-1)25-33-26(18)38-28-21-13-5-6-14-22(21)30(35-28)40-32-24-16-8-7-15-23(24)31(36-32)39-29-20-12-4-3-11-19(20)27(34-29)37-25;;;;;;/h17-40H,1-16H2;;2*1H2;;;. The van der Waals surface area contributed by atoms with Crippen molar-refractivity contribution in [2.45, 2.75) is 152 Å². The van der Waals surface area contributed by atoms with Gasteiger partial charge in [-0.1, -0.05) is 51.4 Å². The van der Waals surface area contributed by atoms with Crippen LogP contribution in [0.3, 0.4) is 0 Å². The molecule has 0 spiro atoms. The summed E-state index contributed by atoms with van der Waals surface area (Å²) in [7, 11) is 0. The Morgan fingerprint density at radius 2 is 0.349 bits per heavy atom. The first-order valence-corrected chi connectivity index (χ1v) is 17.9. The molecular formula is C32H63AlN8O2. The third kappa shape index (κ3) is 5.80. The van der Waals surface area contributed by atoms with Gasteiger partial charge < -0.3 is 11.0 Å². The van der Waals surface area contributed by atoms with Gasteiger partial charge in [0.05, 0.1) is 49.3 Å². The van der Waals surface area contributed by atoms with Crippen LogP contribution >= 0.6 is 0 Å². The van der Waals surface area contributed by atoms with Crippen molar-refractivity contribution in [1.82, 2.24) is 42.5 Å². The second-order valence-electron chi connectivity index (χ2n) is 15.6. The average molecular weight is 619 g/mol. The highest BCUT2D eigenvalue weighted by Crippen LogP contribution is 2.45. The van der Waals surface area contributed by atoms with Crippen LogP contribution in [0.4, 0.5) is 0 Å². The third-order valence-electron chi connectivity index (χ3n) is 13.8. The van der Waals surface area contributed by atoms with Gasteiger partial charge in [0.2, 0.25) is 0 Å². The zero-order valence-electron chi connectivity index (χ0n) is 25.6. The molecule has 9 aliphatic rings. The molecule has 0 amide bonds. The second-order valence-corrected chi connectivity index (χ2v) is 15.6. The van der Waals surface area contributed by atoms with Gasteiger partial charge in [0.1, 0.15) is 0 Å². The molecule has 5 saturated heterocycles. The SMILES string of the molecule is C1CCC2C3NC(NC4NC(NC5NC(NC6NC(N3)C3CCCCC63)C3CCCCC53)C3CCCCC43)C2C1.O.O.[AlH3]. The van der Waals surface area contributed by atoms with Gasteiger partial charge in [0.15, 0.2) is 17.4 Å². The Kier molecular flexibility index (Phi) is 10.5. The fourth-order valence-corrected chi connectivity index (χ4v) is 12.0. The molecule has 8 atom stereocenters. The molecule has 8 bridgehead atoms. The van der Waals surface area contributed by atoms with Gasteiger partial charge in [-0.15, -0.1) is 0 Å². The quantitative estimate of drug-likeness (QED) is 0.173. The van der Waals surface area contributed by atoms with Crippen molar-refractivity contribution in [3.63, 3.8) is 0 Å². The summed E-state index contributed by atoms with van der Waals surface area (Å²) in [5.41, 5.74) is 0. The Labute approximate surface area is 269 Å². The summed E-state index contributed by atoms with van der Waals surface area (Å²) in [5, 5.41) is 33.8. The topological polar surface area (TPSA) is 159 Å². The Hall–Kier alpha value is 0.132. The normalized spacial score (nSPS) is 53.6. The summed E-state index contributed by atoms with van der Waals surface area (Å²) in [6.45, 7) is 0. The van der Waals surface area contributed by atoms with E-state index in [-0.39, 0.29) is 28.3 Å². The first kappa shape index (κ1) is 33.0. The van der Waals surface area contributed by atoms with Crippen molar-refractivity contribution in [3.05, 3.63) is 0 Å². The smallest absolute Gasteiger partial charge is 0.187 e. The van der Waals surface area contributed by atoms with E-state index in [1.807, 2.05) is 0 Å². The summed E-state index contributed by atoms with van der Waals surface area (Å²) in [5.74, 6) is 5.97. The molecule has 0 aromatic rings. The second kappa shape index (κ2) is 13.7. The number of hydrogen-bond acceptors (Lipinski definition) is 8. The van der Waals surface area contributed by atoms with Crippen LogP contribution in [-0.4, -0.2) is 77.6 Å². The number of hydrogen-bond donors (Lipinski definition) is 8. The van der Waals surface area contributed by atoms with Gasteiger partial charge in [0.25, 0.3) is 0 Å². The largest absolute Gasteiger partial charge is 0.412 e. The third-order valence-corrected chi connectivity index (χ3v) is 13.8. The number of rotatable bonds is 0. The summed E-state index contributed by atoms with van der Waals surface area (Å²) >= 11 is 0. The molecular weight excluding hydrogens is 555 g/mol. The maximum atomic E-state index is 4.26. The highest BCUT2D eigenvalue weighted by atomic mass is 27.0. The van der Waals surface area contributed by atoms with E-state index in [4.69, 9.17) is 0 Å². The molecule has 5 heterocycles. The van der Waals surface area contributed by atoms with Gasteiger partial charge in [-0.2, -0.15) is 0 Å². The lowest BCUT2D eigenvalue weighted by molar-refractivity contribution is 0.167. The predicted octanol–water partition coefficient (Wildman–Crippen LogP) is -0.228. The van der Waals surface area contributed by atoms with Crippen LogP contribution in [0.2, 0.25) is 0 Å². The lowest BCUT2D eigenvalue weighted by atomic mass is 9.76. The molecule has 9 rings (SSSR count). The molecule has 9 fully saturated rings. The lowest BCUT2D eigenvalue weighted by Crippen LogP contribution is -2.61. The van der Waals surface area contributed by atoms with E-state index in [9.17, 15) is 0 Å². The van der Waals surface area contributed by atoms with Gasteiger partial charge in [-0.05, 0) is 98.7 Å². The Morgan fingerprint density at radius 3 is 0.465 bits per heavy atom. The van der Waals surface area contributed by atoms with Crippen LogP contribution in [0.1, 0.15) is 103 Å². The first-order valence-electron chi connectivity index (χ1n) is 17.9. The minimum absolute atomic E-state index is 0. The van der Waals surface area contributed by atoms with E-state index in [2.05, 4.69) is 42.5 Å². The number of nitrogens with one attached hydrogen (secondary N) is 8. The van der Waals surface area contributed by atoms with Crippen molar-refractivity contribution in [3.8, 4) is 0 Å². The molecule has 0 aromatic carbocycles. The molecule has 5 aliphatic heterocycles. The van der Waals surface area contributed by atoms with E-state index in [0.29, 0.717) is 49.3 Å². The summed E-state index contributed by atoms with van der Waals surface area (Å²) in [6.07, 6.45) is 25.6. The minimum atomic E-state index is 0. The van der Waals surface area contributed by atoms with Gasteiger partial charge in [-0.25, -0.2) is 0 Å². The van der Waals surface area contributed by atoms with E-state index < -0.39 is 0 Å². The van der Waals surface area contributed by atoms with Crippen molar-refractivity contribution in [2.24, 2.45) is 47.3 Å². The van der Waals surface area contributed by atoms with Crippen LogP contribution in [-0.2, 0) is 0 Å². The molecule has 43 heavy (non-hydrogen) atoms. The molecule has 246 valence electrons. The molecule has 11 heteroatoms. The highest BCUT2D eigenvalue weighted by Gasteiger charge is 2.54. The molecule has 4 saturated carbocycles. The molecule has 8 unspecified atom stereocenters. The highest BCUT2D eigenvalue weighted by molar-refractivity contribution is 5.75. The zero-order valence-corrected chi connectivity index (χ0v) is 25.6. The van der Waals surface area contributed by atoms with E-state index in [1.54, 1.807) is 0 Å². The van der Waals surface area contributed by atoms with Crippen LogP contribution in [0.15, 0.2) is 0 Å². The molecule has 0 aromatic heterocycles. The maximum absolute atomic E-state index is 4.26. The van der Waals surface area contributed by atoms with E-state index >= 15 is 0 Å². The monoisotopic (exact) mass is 618 g/mol. The maximum Gasteiger partial charge on any atom is 0.187 e. The van der Waals surface area contributed by atoms with E-state index in [0.717, 1.165) is 47.3 Å². The predicted molar refractivity (Wildman–Crippen MR) is 174 cm³/mol. The molecule has 0 radical (unpaired) electrons. The molecule has 10 nitrogen and oxygen atoms in total. The van der Waals surface area contributed by atoms with Crippen molar-refractivity contribution in [1.29, 1.82) is 0 Å². The van der Waals surface area contributed by atoms with Gasteiger partial charge in [-0.3, -0.25) is 42.5 Å². The van der Waals surface area contributed by atoms with Gasteiger partial charge >= 0.3 is 0 Å². The Bertz CT molecular complexity index is 728. The van der Waals surface area contributed by atoms with E-state index in [1.165, 1.54) is 103 Å². The molecule has 4 aliphatic carbocycles. The van der Waals surface area contributed by atoms with Crippen molar-refractivity contribution < 1.29 is 11.0 Å². The van der Waals surface area contributed by atoms with Crippen LogP contribution in [0.5, 0.6) is 0 Å².